The maximum Gasteiger partial charge on any atom is 0.226 e. The van der Waals surface area contributed by atoms with Crippen LogP contribution in [0, 0.1) is 11.8 Å². The summed E-state index contributed by atoms with van der Waals surface area (Å²) in [6.45, 7) is 4.04. The van der Waals surface area contributed by atoms with Gasteiger partial charge in [0.15, 0.2) is 0 Å². The standard InChI is InChI=1S/C20H28N2O4/c23-19(16-5-10-24-11-6-16)22-9-12-26-20(15-22)7-1-3-17(20)14-25-18-4-2-8-21-13-18/h2,4,8,13,16-17H,1,3,5-7,9-12,14-15H2/t17-,20+/m0/s1. The average molecular weight is 360 g/mol. The molecule has 1 amide bonds. The van der Waals surface area contributed by atoms with E-state index in [1.54, 1.807) is 12.4 Å². The van der Waals surface area contributed by atoms with Crippen LogP contribution >= 0.6 is 0 Å². The number of pyridine rings is 1. The second kappa shape index (κ2) is 7.92. The molecule has 4 rings (SSSR count). The number of rotatable bonds is 4. The molecule has 6 nitrogen and oxygen atoms in total. The first-order valence-corrected chi connectivity index (χ1v) is 9.80. The van der Waals surface area contributed by atoms with Crippen molar-refractivity contribution in [3.05, 3.63) is 24.5 Å². The zero-order valence-electron chi connectivity index (χ0n) is 15.3. The lowest BCUT2D eigenvalue weighted by Gasteiger charge is -2.45. The molecule has 0 N–H and O–H groups in total. The Labute approximate surface area is 154 Å². The molecule has 1 aromatic heterocycles. The Morgan fingerprint density at radius 1 is 1.31 bits per heavy atom. The van der Waals surface area contributed by atoms with E-state index in [1.807, 2.05) is 17.0 Å². The van der Waals surface area contributed by atoms with E-state index >= 15 is 0 Å². The molecule has 26 heavy (non-hydrogen) atoms. The van der Waals surface area contributed by atoms with Crippen molar-refractivity contribution in [1.29, 1.82) is 0 Å². The van der Waals surface area contributed by atoms with Gasteiger partial charge in [0.25, 0.3) is 0 Å². The molecular weight excluding hydrogens is 332 g/mol. The van der Waals surface area contributed by atoms with Crippen LogP contribution in [0.15, 0.2) is 24.5 Å². The van der Waals surface area contributed by atoms with Gasteiger partial charge in [0.1, 0.15) is 5.75 Å². The summed E-state index contributed by atoms with van der Waals surface area (Å²) in [4.78, 5) is 19.1. The van der Waals surface area contributed by atoms with Crippen LogP contribution < -0.4 is 4.74 Å². The van der Waals surface area contributed by atoms with Crippen LogP contribution in [0.25, 0.3) is 0 Å². The Bertz CT molecular complexity index is 605. The van der Waals surface area contributed by atoms with Crippen molar-refractivity contribution in [3.8, 4) is 5.75 Å². The Morgan fingerprint density at radius 3 is 3.00 bits per heavy atom. The number of nitrogens with zero attached hydrogens (tertiary/aromatic N) is 2. The molecule has 2 atom stereocenters. The van der Waals surface area contributed by atoms with Gasteiger partial charge in [-0.1, -0.05) is 0 Å². The number of amides is 1. The number of carbonyl (C=O) groups excluding carboxylic acids is 1. The van der Waals surface area contributed by atoms with Gasteiger partial charge in [-0.15, -0.1) is 0 Å². The normalized spacial score (nSPS) is 29.8. The lowest BCUT2D eigenvalue weighted by Crippen LogP contribution is -2.57. The predicted octanol–water partition coefficient (Wildman–Crippen LogP) is 2.28. The van der Waals surface area contributed by atoms with Crippen LogP contribution in [0.1, 0.15) is 32.1 Å². The summed E-state index contributed by atoms with van der Waals surface area (Å²) in [5.41, 5.74) is -0.249. The number of hydrogen-bond donors (Lipinski definition) is 0. The average Bonchev–Trinajstić information content (AvgIpc) is 3.08. The van der Waals surface area contributed by atoms with Gasteiger partial charge in [-0.25, -0.2) is 0 Å². The van der Waals surface area contributed by atoms with Crippen molar-refractivity contribution < 1.29 is 19.0 Å². The number of carbonyl (C=O) groups is 1. The summed E-state index contributed by atoms with van der Waals surface area (Å²) >= 11 is 0. The molecule has 0 aromatic carbocycles. The van der Waals surface area contributed by atoms with Crippen LogP contribution in [0.3, 0.4) is 0 Å². The fourth-order valence-corrected chi connectivity index (χ4v) is 4.58. The third kappa shape index (κ3) is 3.71. The molecule has 3 heterocycles. The summed E-state index contributed by atoms with van der Waals surface area (Å²) in [7, 11) is 0. The van der Waals surface area contributed by atoms with E-state index in [9.17, 15) is 4.79 Å². The number of morpholine rings is 1. The molecule has 1 saturated carbocycles. The zero-order valence-corrected chi connectivity index (χ0v) is 15.3. The Kier molecular flexibility index (Phi) is 5.41. The fraction of sp³-hybridized carbons (Fsp3) is 0.700. The van der Waals surface area contributed by atoms with E-state index in [1.165, 1.54) is 0 Å². The molecule has 3 fully saturated rings. The predicted molar refractivity (Wildman–Crippen MR) is 95.9 cm³/mol. The first-order valence-electron chi connectivity index (χ1n) is 9.80. The second-order valence-electron chi connectivity index (χ2n) is 7.65. The smallest absolute Gasteiger partial charge is 0.226 e. The molecule has 1 aromatic rings. The molecule has 3 aliphatic rings. The summed E-state index contributed by atoms with van der Waals surface area (Å²) < 4.78 is 17.7. The van der Waals surface area contributed by atoms with E-state index in [0.29, 0.717) is 45.4 Å². The largest absolute Gasteiger partial charge is 0.492 e. The summed E-state index contributed by atoms with van der Waals surface area (Å²) in [6.07, 6.45) is 8.39. The maximum atomic E-state index is 13.0. The fourth-order valence-electron chi connectivity index (χ4n) is 4.58. The maximum absolute atomic E-state index is 13.0. The van der Waals surface area contributed by atoms with Crippen molar-refractivity contribution in [2.45, 2.75) is 37.7 Å². The Morgan fingerprint density at radius 2 is 2.19 bits per heavy atom. The molecule has 0 radical (unpaired) electrons. The lowest BCUT2D eigenvalue weighted by atomic mass is 9.88. The third-order valence-electron chi connectivity index (χ3n) is 6.07. The molecule has 142 valence electrons. The van der Waals surface area contributed by atoms with E-state index in [-0.39, 0.29) is 17.4 Å². The summed E-state index contributed by atoms with van der Waals surface area (Å²) in [5.74, 6) is 1.51. The lowest BCUT2D eigenvalue weighted by molar-refractivity contribution is -0.165. The van der Waals surface area contributed by atoms with Gasteiger partial charge in [-0.05, 0) is 44.2 Å². The van der Waals surface area contributed by atoms with Crippen LogP contribution in [0.4, 0.5) is 0 Å². The van der Waals surface area contributed by atoms with Gasteiger partial charge in [0, 0.05) is 37.8 Å². The van der Waals surface area contributed by atoms with Crippen molar-refractivity contribution in [1.82, 2.24) is 9.88 Å². The van der Waals surface area contributed by atoms with Gasteiger partial charge in [-0.3, -0.25) is 9.78 Å². The highest BCUT2D eigenvalue weighted by Crippen LogP contribution is 2.41. The minimum atomic E-state index is -0.249. The van der Waals surface area contributed by atoms with Crippen molar-refractivity contribution in [2.24, 2.45) is 11.8 Å². The van der Waals surface area contributed by atoms with Gasteiger partial charge < -0.3 is 19.1 Å². The highest BCUT2D eigenvalue weighted by molar-refractivity contribution is 5.79. The summed E-state index contributed by atoms with van der Waals surface area (Å²) in [6, 6.07) is 3.81. The molecule has 0 unspecified atom stereocenters. The second-order valence-corrected chi connectivity index (χ2v) is 7.65. The van der Waals surface area contributed by atoms with Crippen molar-refractivity contribution in [3.63, 3.8) is 0 Å². The van der Waals surface area contributed by atoms with Gasteiger partial charge in [0.05, 0.1) is 31.6 Å². The molecule has 2 saturated heterocycles. The molecular formula is C20H28N2O4. The Hall–Kier alpha value is -1.66. The zero-order chi connectivity index (χ0) is 17.8. The third-order valence-corrected chi connectivity index (χ3v) is 6.07. The molecule has 0 bridgehead atoms. The minimum absolute atomic E-state index is 0.116. The van der Waals surface area contributed by atoms with Crippen LogP contribution in [0.5, 0.6) is 5.75 Å². The van der Waals surface area contributed by atoms with Crippen molar-refractivity contribution in [2.75, 3.05) is 39.5 Å². The van der Waals surface area contributed by atoms with E-state index in [4.69, 9.17) is 14.2 Å². The first-order chi connectivity index (χ1) is 12.8. The van der Waals surface area contributed by atoms with E-state index in [0.717, 1.165) is 37.9 Å². The van der Waals surface area contributed by atoms with Crippen LogP contribution in [0.2, 0.25) is 0 Å². The topological polar surface area (TPSA) is 60.9 Å². The highest BCUT2D eigenvalue weighted by atomic mass is 16.5. The molecule has 1 spiro atoms. The van der Waals surface area contributed by atoms with Gasteiger partial charge in [-0.2, -0.15) is 0 Å². The number of hydrogen-bond acceptors (Lipinski definition) is 5. The first kappa shape index (κ1) is 17.7. The molecule has 6 heteroatoms. The van der Waals surface area contributed by atoms with Crippen molar-refractivity contribution >= 4 is 5.91 Å². The van der Waals surface area contributed by atoms with E-state index < -0.39 is 0 Å². The SMILES string of the molecule is O=C(C1CCOCC1)N1CCO[C@]2(CCC[C@H]2COc2cccnc2)C1. The minimum Gasteiger partial charge on any atom is -0.492 e. The quantitative estimate of drug-likeness (QED) is 0.824. The van der Waals surface area contributed by atoms with Gasteiger partial charge >= 0.3 is 0 Å². The number of aromatic nitrogens is 1. The summed E-state index contributed by atoms with van der Waals surface area (Å²) in [5, 5.41) is 0. The highest BCUT2D eigenvalue weighted by Gasteiger charge is 2.48. The monoisotopic (exact) mass is 360 g/mol. The number of ether oxygens (including phenoxy) is 3. The van der Waals surface area contributed by atoms with Gasteiger partial charge in [0.2, 0.25) is 5.91 Å². The van der Waals surface area contributed by atoms with E-state index in [2.05, 4.69) is 4.98 Å². The Balaban J connectivity index is 1.40. The molecule has 1 aliphatic carbocycles. The van der Waals surface area contributed by atoms with Crippen LogP contribution in [-0.4, -0.2) is 60.9 Å². The molecule has 2 aliphatic heterocycles. The van der Waals surface area contributed by atoms with Crippen LogP contribution in [-0.2, 0) is 14.3 Å².